The van der Waals surface area contributed by atoms with Gasteiger partial charge in [0.2, 0.25) is 0 Å². The van der Waals surface area contributed by atoms with Crippen LogP contribution in [0.5, 0.6) is 0 Å². The van der Waals surface area contributed by atoms with Crippen molar-refractivity contribution in [1.82, 2.24) is 0 Å². The lowest BCUT2D eigenvalue weighted by atomic mass is 10.2. The van der Waals surface area contributed by atoms with Crippen LogP contribution in [-0.2, 0) is 0 Å². The molecule has 0 aliphatic heterocycles. The highest BCUT2D eigenvalue weighted by atomic mass is 19.1. The van der Waals surface area contributed by atoms with Crippen molar-refractivity contribution in [2.24, 2.45) is 0 Å². The van der Waals surface area contributed by atoms with Gasteiger partial charge in [-0.15, -0.1) is 0 Å². The van der Waals surface area contributed by atoms with Crippen LogP contribution in [0, 0.1) is 22.9 Å². The van der Waals surface area contributed by atoms with E-state index in [4.69, 9.17) is 0 Å². The van der Waals surface area contributed by atoms with E-state index in [1.54, 1.807) is 0 Å². The molecule has 0 atom stereocenters. The van der Waals surface area contributed by atoms with E-state index in [1.165, 1.54) is 13.0 Å². The highest BCUT2D eigenvalue weighted by Gasteiger charge is 2.06. The smallest absolute Gasteiger partial charge is 0.258 e. The summed E-state index contributed by atoms with van der Waals surface area (Å²) < 4.78 is 12.5. The Morgan fingerprint density at radius 1 is 1.38 bits per heavy atom. The molecule has 0 saturated heterocycles. The molecule has 1 aromatic carbocycles. The maximum absolute atomic E-state index is 12.5. The maximum atomic E-state index is 12.5. The van der Waals surface area contributed by atoms with Crippen molar-refractivity contribution >= 4 is 5.69 Å². The Hall–Kier alpha value is -1.45. The minimum atomic E-state index is -0.549. The lowest BCUT2D eigenvalue weighted by Gasteiger charge is -1.94. The summed E-state index contributed by atoms with van der Waals surface area (Å²) in [7, 11) is 0. The summed E-state index contributed by atoms with van der Waals surface area (Å²) in [5.74, 6) is -0.421. The third-order valence-corrected chi connectivity index (χ3v) is 1.35. The number of hydrogen-bond acceptors (Lipinski definition) is 2. The molecule has 0 radical (unpaired) electrons. The van der Waals surface area contributed by atoms with Crippen molar-refractivity contribution in [2.45, 2.75) is 20.8 Å². The van der Waals surface area contributed by atoms with Gasteiger partial charge in [0, 0.05) is 12.1 Å². The third-order valence-electron chi connectivity index (χ3n) is 1.35. The van der Waals surface area contributed by atoms with Gasteiger partial charge >= 0.3 is 0 Å². The van der Waals surface area contributed by atoms with E-state index < -0.39 is 10.7 Å². The van der Waals surface area contributed by atoms with Gasteiger partial charge in [0.15, 0.2) is 0 Å². The first-order valence-corrected chi connectivity index (χ1v) is 4.02. The van der Waals surface area contributed by atoms with Crippen molar-refractivity contribution in [3.05, 3.63) is 39.7 Å². The number of nitro groups is 1. The van der Waals surface area contributed by atoms with E-state index in [-0.39, 0.29) is 5.69 Å². The number of non-ortho nitro benzene ring substituents is 1. The Labute approximate surface area is 76.4 Å². The summed E-state index contributed by atoms with van der Waals surface area (Å²) in [6.45, 7) is 5.49. The lowest BCUT2D eigenvalue weighted by Crippen LogP contribution is -1.89. The Kier molecular flexibility index (Phi) is 4.66. The molecule has 0 spiro atoms. The second-order valence-corrected chi connectivity index (χ2v) is 2.19. The number of benzene rings is 1. The fourth-order valence-corrected chi connectivity index (χ4v) is 0.742. The number of rotatable bonds is 1. The van der Waals surface area contributed by atoms with Crippen LogP contribution >= 0.6 is 0 Å². The molecule has 0 amide bonds. The van der Waals surface area contributed by atoms with Crippen LogP contribution in [0.3, 0.4) is 0 Å². The molecular formula is C9H12FNO2. The quantitative estimate of drug-likeness (QED) is 0.498. The molecule has 72 valence electrons. The molecule has 0 fully saturated rings. The maximum Gasteiger partial charge on any atom is 0.269 e. The monoisotopic (exact) mass is 185 g/mol. The average molecular weight is 185 g/mol. The summed E-state index contributed by atoms with van der Waals surface area (Å²) in [4.78, 5) is 9.60. The summed E-state index contributed by atoms with van der Waals surface area (Å²) in [5, 5.41) is 10.1. The Bertz CT molecular complexity index is 300. The SMILES string of the molecule is CC.Cc1cc([N+](=O)[O-])ccc1F. The fraction of sp³-hybridized carbons (Fsp3) is 0.333. The van der Waals surface area contributed by atoms with Crippen LogP contribution in [0.4, 0.5) is 10.1 Å². The van der Waals surface area contributed by atoms with Crippen LogP contribution in [-0.4, -0.2) is 4.92 Å². The van der Waals surface area contributed by atoms with Gasteiger partial charge in [-0.2, -0.15) is 0 Å². The van der Waals surface area contributed by atoms with Gasteiger partial charge in [-0.1, -0.05) is 13.8 Å². The summed E-state index contributed by atoms with van der Waals surface area (Å²) >= 11 is 0. The van der Waals surface area contributed by atoms with Gasteiger partial charge in [0.25, 0.3) is 5.69 Å². The zero-order valence-electron chi connectivity index (χ0n) is 7.87. The predicted octanol–water partition coefficient (Wildman–Crippen LogP) is 3.07. The van der Waals surface area contributed by atoms with Crippen molar-refractivity contribution in [2.75, 3.05) is 0 Å². The second kappa shape index (κ2) is 5.24. The minimum Gasteiger partial charge on any atom is -0.258 e. The molecule has 0 aromatic heterocycles. The predicted molar refractivity (Wildman–Crippen MR) is 49.1 cm³/mol. The first kappa shape index (κ1) is 11.6. The molecule has 0 N–H and O–H groups in total. The largest absolute Gasteiger partial charge is 0.269 e. The van der Waals surface area contributed by atoms with Crippen LogP contribution in [0.2, 0.25) is 0 Å². The molecule has 3 nitrogen and oxygen atoms in total. The molecule has 0 bridgehead atoms. The van der Waals surface area contributed by atoms with Crippen molar-refractivity contribution in [1.29, 1.82) is 0 Å². The Balaban J connectivity index is 0.000000671. The molecule has 0 heterocycles. The van der Waals surface area contributed by atoms with E-state index in [0.29, 0.717) is 5.56 Å². The van der Waals surface area contributed by atoms with Gasteiger partial charge in [0.1, 0.15) is 5.82 Å². The van der Waals surface area contributed by atoms with E-state index in [1.807, 2.05) is 13.8 Å². The van der Waals surface area contributed by atoms with Crippen LogP contribution < -0.4 is 0 Å². The molecule has 0 aliphatic rings. The standard InChI is InChI=1S/C7H6FNO2.C2H6/c1-5-4-6(9(10)11)2-3-7(5)8;1-2/h2-4H,1H3;1-2H3. The van der Waals surface area contributed by atoms with Crippen molar-refractivity contribution in [3.63, 3.8) is 0 Å². The number of hydrogen-bond donors (Lipinski definition) is 0. The van der Waals surface area contributed by atoms with Gasteiger partial charge in [-0.05, 0) is 18.6 Å². The molecule has 0 unspecified atom stereocenters. The highest BCUT2D eigenvalue weighted by molar-refractivity contribution is 5.34. The Morgan fingerprint density at radius 3 is 2.31 bits per heavy atom. The highest BCUT2D eigenvalue weighted by Crippen LogP contribution is 2.15. The van der Waals surface area contributed by atoms with Gasteiger partial charge < -0.3 is 0 Å². The second-order valence-electron chi connectivity index (χ2n) is 2.19. The number of aryl methyl sites for hydroxylation is 1. The van der Waals surface area contributed by atoms with Gasteiger partial charge in [-0.25, -0.2) is 4.39 Å². The van der Waals surface area contributed by atoms with E-state index in [0.717, 1.165) is 12.1 Å². The average Bonchev–Trinajstić information content (AvgIpc) is 2.13. The van der Waals surface area contributed by atoms with Crippen LogP contribution in [0.25, 0.3) is 0 Å². The topological polar surface area (TPSA) is 43.1 Å². The first-order valence-electron chi connectivity index (χ1n) is 4.02. The van der Waals surface area contributed by atoms with Crippen molar-refractivity contribution in [3.8, 4) is 0 Å². The van der Waals surface area contributed by atoms with E-state index >= 15 is 0 Å². The molecule has 1 rings (SSSR count). The van der Waals surface area contributed by atoms with E-state index in [2.05, 4.69) is 0 Å². The lowest BCUT2D eigenvalue weighted by molar-refractivity contribution is -0.385. The first-order chi connectivity index (χ1) is 6.11. The molecule has 0 saturated carbocycles. The molecule has 0 aliphatic carbocycles. The Morgan fingerprint density at radius 2 is 1.92 bits per heavy atom. The molecule has 4 heteroatoms. The normalized spacial score (nSPS) is 8.62. The molecule has 1 aromatic rings. The molecular weight excluding hydrogens is 173 g/mol. The van der Waals surface area contributed by atoms with Crippen molar-refractivity contribution < 1.29 is 9.31 Å². The third kappa shape index (κ3) is 3.19. The summed E-state index contributed by atoms with van der Waals surface area (Å²) in [6.07, 6.45) is 0. The number of nitrogens with zero attached hydrogens (tertiary/aromatic N) is 1. The number of halogens is 1. The molecule has 13 heavy (non-hydrogen) atoms. The van der Waals surface area contributed by atoms with Gasteiger partial charge in [0.05, 0.1) is 4.92 Å². The number of nitro benzene ring substituents is 1. The van der Waals surface area contributed by atoms with E-state index in [9.17, 15) is 14.5 Å². The zero-order valence-corrected chi connectivity index (χ0v) is 7.87. The van der Waals surface area contributed by atoms with Crippen LogP contribution in [0.15, 0.2) is 18.2 Å². The summed E-state index contributed by atoms with van der Waals surface area (Å²) in [5.41, 5.74) is 0.211. The van der Waals surface area contributed by atoms with Crippen LogP contribution in [0.1, 0.15) is 19.4 Å². The van der Waals surface area contributed by atoms with Gasteiger partial charge in [-0.3, -0.25) is 10.1 Å². The minimum absolute atomic E-state index is 0.0797. The fourth-order valence-electron chi connectivity index (χ4n) is 0.742. The summed E-state index contributed by atoms with van der Waals surface area (Å²) in [6, 6.07) is 3.44. The zero-order chi connectivity index (χ0) is 10.4.